The first kappa shape index (κ1) is 12.2. The Balaban J connectivity index is 1.61. The van der Waals surface area contributed by atoms with Gasteiger partial charge in [-0.05, 0) is 37.5 Å². The van der Waals surface area contributed by atoms with Crippen molar-refractivity contribution in [3.05, 3.63) is 0 Å². The van der Waals surface area contributed by atoms with E-state index in [2.05, 4.69) is 10.1 Å². The maximum atomic E-state index is 8.71. The lowest BCUT2D eigenvalue weighted by molar-refractivity contribution is -0.0614. The van der Waals surface area contributed by atoms with Gasteiger partial charge in [0.1, 0.15) is 5.84 Å². The van der Waals surface area contributed by atoms with Gasteiger partial charge in [0.15, 0.2) is 0 Å². The third-order valence-electron chi connectivity index (χ3n) is 4.78. The second kappa shape index (κ2) is 4.70. The van der Waals surface area contributed by atoms with Crippen LogP contribution in [0.1, 0.15) is 38.5 Å². The van der Waals surface area contributed by atoms with E-state index in [4.69, 9.17) is 15.7 Å². The van der Waals surface area contributed by atoms with Crippen molar-refractivity contribution in [1.82, 2.24) is 4.90 Å². The van der Waals surface area contributed by atoms with Crippen molar-refractivity contribution in [1.29, 1.82) is 0 Å². The maximum Gasteiger partial charge on any atom is 0.139 e. The lowest BCUT2D eigenvalue weighted by atomic mass is 9.99. The van der Waals surface area contributed by atoms with Gasteiger partial charge in [0.25, 0.3) is 0 Å². The summed E-state index contributed by atoms with van der Waals surface area (Å²) in [6, 6.07) is 0.614. The molecule has 102 valence electrons. The summed E-state index contributed by atoms with van der Waals surface area (Å²) in [4.78, 5) is 2.60. The molecule has 1 saturated heterocycles. The van der Waals surface area contributed by atoms with Crippen LogP contribution >= 0.6 is 0 Å². The standard InChI is InChI=1S/C13H23N3O2/c14-12(15-17)8-13(4-5-13)9-16-6-7-18-11-3-1-2-10(11)16/h10-11,17H,1-9H2,(H2,14,15). The van der Waals surface area contributed by atoms with Gasteiger partial charge in [-0.2, -0.15) is 0 Å². The van der Waals surface area contributed by atoms with Crippen LogP contribution in [0.4, 0.5) is 0 Å². The fourth-order valence-corrected chi connectivity index (χ4v) is 3.62. The molecule has 1 aliphatic heterocycles. The second-order valence-corrected chi connectivity index (χ2v) is 6.15. The Kier molecular flexibility index (Phi) is 3.20. The molecule has 3 N–H and O–H groups in total. The molecule has 0 radical (unpaired) electrons. The van der Waals surface area contributed by atoms with E-state index in [-0.39, 0.29) is 5.41 Å². The molecule has 5 heteroatoms. The minimum atomic E-state index is 0.279. The van der Waals surface area contributed by atoms with Crippen molar-refractivity contribution in [2.24, 2.45) is 16.3 Å². The molecule has 0 spiro atoms. The van der Waals surface area contributed by atoms with E-state index >= 15 is 0 Å². The Morgan fingerprint density at radius 2 is 2.28 bits per heavy atom. The summed E-state index contributed by atoms with van der Waals surface area (Å²) in [5.74, 6) is 0.378. The quantitative estimate of drug-likeness (QED) is 0.341. The number of hydrogen-bond acceptors (Lipinski definition) is 4. The number of nitrogens with two attached hydrogens (primary N) is 1. The molecule has 2 saturated carbocycles. The number of amidine groups is 1. The van der Waals surface area contributed by atoms with Gasteiger partial charge in [0.2, 0.25) is 0 Å². The lowest BCUT2D eigenvalue weighted by Gasteiger charge is -2.39. The zero-order valence-corrected chi connectivity index (χ0v) is 10.8. The summed E-state index contributed by atoms with van der Waals surface area (Å²) in [5, 5.41) is 11.8. The Labute approximate surface area is 108 Å². The number of morpholine rings is 1. The third-order valence-corrected chi connectivity index (χ3v) is 4.78. The largest absolute Gasteiger partial charge is 0.409 e. The van der Waals surface area contributed by atoms with E-state index in [1.54, 1.807) is 0 Å². The Bertz CT molecular complexity index is 341. The fourth-order valence-electron chi connectivity index (χ4n) is 3.62. The number of fused-ring (bicyclic) bond motifs is 1. The molecule has 0 bridgehead atoms. The highest BCUT2D eigenvalue weighted by atomic mass is 16.5. The van der Waals surface area contributed by atoms with Crippen LogP contribution < -0.4 is 5.73 Å². The van der Waals surface area contributed by atoms with Gasteiger partial charge in [-0.3, -0.25) is 4.90 Å². The molecule has 2 unspecified atom stereocenters. The van der Waals surface area contributed by atoms with Crippen molar-refractivity contribution in [2.45, 2.75) is 50.7 Å². The highest BCUT2D eigenvalue weighted by molar-refractivity contribution is 5.80. The predicted octanol–water partition coefficient (Wildman–Crippen LogP) is 1.16. The van der Waals surface area contributed by atoms with Gasteiger partial charge in [-0.1, -0.05) is 5.16 Å². The van der Waals surface area contributed by atoms with Gasteiger partial charge in [0.05, 0.1) is 12.7 Å². The van der Waals surface area contributed by atoms with Gasteiger partial charge in [-0.25, -0.2) is 0 Å². The smallest absolute Gasteiger partial charge is 0.139 e. The molecule has 1 heterocycles. The molecule has 5 nitrogen and oxygen atoms in total. The number of rotatable bonds is 4. The zero-order chi connectivity index (χ0) is 12.6. The van der Waals surface area contributed by atoms with Crippen LogP contribution in [0.15, 0.2) is 5.16 Å². The Morgan fingerprint density at radius 1 is 1.44 bits per heavy atom. The second-order valence-electron chi connectivity index (χ2n) is 6.15. The van der Waals surface area contributed by atoms with E-state index in [1.165, 1.54) is 32.1 Å². The summed E-state index contributed by atoms with van der Waals surface area (Å²) < 4.78 is 5.84. The highest BCUT2D eigenvalue weighted by Gasteiger charge is 2.47. The summed E-state index contributed by atoms with van der Waals surface area (Å²) in [7, 11) is 0. The van der Waals surface area contributed by atoms with Crippen LogP contribution in [0, 0.1) is 5.41 Å². The van der Waals surface area contributed by atoms with Crippen LogP contribution in [0.2, 0.25) is 0 Å². The summed E-state index contributed by atoms with van der Waals surface area (Å²) >= 11 is 0. The van der Waals surface area contributed by atoms with Crippen LogP contribution in [-0.4, -0.2) is 47.8 Å². The number of nitrogens with zero attached hydrogens (tertiary/aromatic N) is 2. The van der Waals surface area contributed by atoms with Crippen LogP contribution in [0.25, 0.3) is 0 Å². The maximum absolute atomic E-state index is 8.71. The Hall–Kier alpha value is -0.810. The summed E-state index contributed by atoms with van der Waals surface area (Å²) in [6.45, 7) is 2.99. The molecular formula is C13H23N3O2. The molecule has 0 aromatic heterocycles. The first-order valence-electron chi connectivity index (χ1n) is 7.04. The van der Waals surface area contributed by atoms with Gasteiger partial charge >= 0.3 is 0 Å². The average molecular weight is 253 g/mol. The molecule has 0 aromatic rings. The zero-order valence-electron chi connectivity index (χ0n) is 10.8. The Morgan fingerprint density at radius 3 is 3.00 bits per heavy atom. The molecule has 0 aromatic carbocycles. The fraction of sp³-hybridized carbons (Fsp3) is 0.923. The van der Waals surface area contributed by atoms with Gasteiger partial charge in [0, 0.05) is 25.6 Å². The average Bonchev–Trinajstić information content (AvgIpc) is 2.93. The topological polar surface area (TPSA) is 71.1 Å². The van der Waals surface area contributed by atoms with Crippen LogP contribution in [-0.2, 0) is 4.74 Å². The van der Waals surface area contributed by atoms with E-state index in [9.17, 15) is 0 Å². The van der Waals surface area contributed by atoms with Crippen molar-refractivity contribution in [3.8, 4) is 0 Å². The molecule has 3 fully saturated rings. The minimum absolute atomic E-state index is 0.279. The number of hydrogen-bond donors (Lipinski definition) is 2. The third kappa shape index (κ3) is 2.34. The molecular weight excluding hydrogens is 230 g/mol. The molecule has 2 aliphatic carbocycles. The molecule has 0 amide bonds. The first-order chi connectivity index (χ1) is 8.72. The predicted molar refractivity (Wildman–Crippen MR) is 68.6 cm³/mol. The molecule has 2 atom stereocenters. The van der Waals surface area contributed by atoms with E-state index in [1.807, 2.05) is 0 Å². The van der Waals surface area contributed by atoms with Gasteiger partial charge < -0.3 is 15.7 Å². The number of ether oxygens (including phenoxy) is 1. The SMILES string of the molecule is NC(CC1(CN2CCOC3CCCC32)CC1)=NO. The summed E-state index contributed by atoms with van der Waals surface area (Å²) in [6.07, 6.45) is 7.38. The number of oxime groups is 1. The molecule has 18 heavy (non-hydrogen) atoms. The summed E-state index contributed by atoms with van der Waals surface area (Å²) in [5.41, 5.74) is 5.95. The monoisotopic (exact) mass is 253 g/mol. The van der Waals surface area contributed by atoms with Crippen molar-refractivity contribution in [2.75, 3.05) is 19.7 Å². The minimum Gasteiger partial charge on any atom is -0.409 e. The van der Waals surface area contributed by atoms with Crippen LogP contribution in [0.5, 0.6) is 0 Å². The van der Waals surface area contributed by atoms with E-state index < -0.39 is 0 Å². The van der Waals surface area contributed by atoms with Crippen molar-refractivity contribution < 1.29 is 9.94 Å². The molecule has 3 rings (SSSR count). The lowest BCUT2D eigenvalue weighted by Crippen LogP contribution is -2.50. The first-order valence-corrected chi connectivity index (χ1v) is 7.04. The van der Waals surface area contributed by atoms with Crippen molar-refractivity contribution >= 4 is 5.84 Å². The highest BCUT2D eigenvalue weighted by Crippen LogP contribution is 2.50. The molecule has 3 aliphatic rings. The van der Waals surface area contributed by atoms with Crippen molar-refractivity contribution in [3.63, 3.8) is 0 Å². The van der Waals surface area contributed by atoms with Crippen LogP contribution in [0.3, 0.4) is 0 Å². The van der Waals surface area contributed by atoms with Gasteiger partial charge in [-0.15, -0.1) is 0 Å². The normalized spacial score (nSPS) is 35.4. The van der Waals surface area contributed by atoms with E-state index in [0.717, 1.165) is 26.1 Å². The van der Waals surface area contributed by atoms with E-state index in [0.29, 0.717) is 18.0 Å².